The molecule has 0 amide bonds. The fourth-order valence-corrected chi connectivity index (χ4v) is 3.34. The van der Waals surface area contributed by atoms with Gasteiger partial charge in [-0.3, -0.25) is 0 Å². The van der Waals surface area contributed by atoms with Gasteiger partial charge in [0.15, 0.2) is 0 Å². The van der Waals surface area contributed by atoms with Crippen LogP contribution in [0.5, 0.6) is 0 Å². The molecule has 0 bridgehead atoms. The number of nitrogens with two attached hydrogens (primary N) is 1. The van der Waals surface area contributed by atoms with E-state index < -0.39 is 0 Å². The van der Waals surface area contributed by atoms with E-state index in [1.807, 2.05) is 0 Å². The highest BCUT2D eigenvalue weighted by atomic mass is 16.5. The summed E-state index contributed by atoms with van der Waals surface area (Å²) in [5.41, 5.74) is 6.08. The molecule has 0 aromatic carbocycles. The molecule has 2 N–H and O–H groups in total. The van der Waals surface area contributed by atoms with Crippen molar-refractivity contribution in [3.8, 4) is 0 Å². The van der Waals surface area contributed by atoms with Gasteiger partial charge < -0.3 is 15.4 Å². The van der Waals surface area contributed by atoms with Crippen LogP contribution in [0.15, 0.2) is 0 Å². The van der Waals surface area contributed by atoms with Gasteiger partial charge in [-0.1, -0.05) is 12.8 Å². The second-order valence-corrected chi connectivity index (χ2v) is 6.13. The zero-order valence-electron chi connectivity index (χ0n) is 11.5. The van der Waals surface area contributed by atoms with E-state index in [0.29, 0.717) is 12.1 Å². The van der Waals surface area contributed by atoms with E-state index in [1.54, 1.807) is 0 Å². The first-order valence-electron chi connectivity index (χ1n) is 7.21. The first kappa shape index (κ1) is 13.3. The molecule has 1 saturated heterocycles. The van der Waals surface area contributed by atoms with Crippen LogP contribution in [0.2, 0.25) is 0 Å². The van der Waals surface area contributed by atoms with Gasteiger partial charge >= 0.3 is 0 Å². The van der Waals surface area contributed by atoms with Crippen molar-refractivity contribution in [2.24, 2.45) is 5.73 Å². The maximum atomic E-state index is 6.08. The van der Waals surface area contributed by atoms with Crippen molar-refractivity contribution in [2.75, 3.05) is 20.2 Å². The fraction of sp³-hybridized carbons (Fsp3) is 1.00. The molecule has 3 nitrogen and oxygen atoms in total. The molecule has 2 rings (SSSR count). The van der Waals surface area contributed by atoms with Gasteiger partial charge in [-0.15, -0.1) is 0 Å². The molecule has 0 aromatic heterocycles. The van der Waals surface area contributed by atoms with Crippen LogP contribution in [0.3, 0.4) is 0 Å². The summed E-state index contributed by atoms with van der Waals surface area (Å²) in [6, 6.07) is 1.03. The van der Waals surface area contributed by atoms with Gasteiger partial charge in [-0.05, 0) is 52.6 Å². The second kappa shape index (κ2) is 5.68. The molecule has 1 spiro atoms. The number of ether oxygens (including phenoxy) is 1. The molecule has 17 heavy (non-hydrogen) atoms. The predicted octanol–water partition coefficient (Wildman–Crippen LogP) is 2.15. The van der Waals surface area contributed by atoms with Crippen LogP contribution in [0.4, 0.5) is 0 Å². The zero-order valence-corrected chi connectivity index (χ0v) is 11.5. The van der Waals surface area contributed by atoms with Crippen LogP contribution in [0, 0.1) is 0 Å². The van der Waals surface area contributed by atoms with Gasteiger partial charge in [0.05, 0.1) is 5.60 Å². The number of rotatable bonds is 4. The highest BCUT2D eigenvalue weighted by Gasteiger charge is 2.40. The Kier molecular flexibility index (Phi) is 4.45. The molecular formula is C14H28N2O. The Bertz CT molecular complexity index is 236. The smallest absolute Gasteiger partial charge is 0.0697 e. The fourth-order valence-electron chi connectivity index (χ4n) is 3.34. The van der Waals surface area contributed by atoms with Gasteiger partial charge in [-0.25, -0.2) is 0 Å². The molecule has 0 radical (unpaired) electrons. The van der Waals surface area contributed by atoms with Crippen LogP contribution in [0.25, 0.3) is 0 Å². The summed E-state index contributed by atoms with van der Waals surface area (Å²) in [6.07, 6.45) is 8.81. The first-order valence-corrected chi connectivity index (χ1v) is 7.21. The van der Waals surface area contributed by atoms with Crippen molar-refractivity contribution in [3.63, 3.8) is 0 Å². The average Bonchev–Trinajstić information content (AvgIpc) is 2.74. The zero-order chi connectivity index (χ0) is 12.3. The van der Waals surface area contributed by atoms with Crippen molar-refractivity contribution in [2.45, 2.75) is 69.6 Å². The maximum absolute atomic E-state index is 6.08. The predicted molar refractivity (Wildman–Crippen MR) is 71.1 cm³/mol. The van der Waals surface area contributed by atoms with Crippen LogP contribution >= 0.6 is 0 Å². The third-order valence-corrected chi connectivity index (χ3v) is 4.54. The lowest BCUT2D eigenvalue weighted by molar-refractivity contribution is -0.0988. The minimum Gasteiger partial charge on any atom is -0.375 e. The standard InChI is InChI=1S/C14H28N2O/c1-12(15)5-9-16(2)13-6-10-17-14(11-13)7-3-4-8-14/h12-13H,3-11,15H2,1-2H3. The van der Waals surface area contributed by atoms with Crippen LogP contribution in [-0.4, -0.2) is 42.8 Å². The van der Waals surface area contributed by atoms with Gasteiger partial charge in [0.1, 0.15) is 0 Å². The van der Waals surface area contributed by atoms with Crippen molar-refractivity contribution in [3.05, 3.63) is 0 Å². The van der Waals surface area contributed by atoms with Gasteiger partial charge in [0.2, 0.25) is 0 Å². The van der Waals surface area contributed by atoms with Crippen molar-refractivity contribution in [1.82, 2.24) is 4.90 Å². The maximum Gasteiger partial charge on any atom is 0.0697 e. The van der Waals surface area contributed by atoms with Crippen molar-refractivity contribution >= 4 is 0 Å². The summed E-state index contributed by atoms with van der Waals surface area (Å²) in [6.45, 7) is 4.17. The molecular weight excluding hydrogens is 212 g/mol. The van der Waals surface area contributed by atoms with Crippen molar-refractivity contribution < 1.29 is 4.74 Å². The Morgan fingerprint density at radius 1 is 1.41 bits per heavy atom. The molecule has 2 atom stereocenters. The summed E-state index contributed by atoms with van der Waals surface area (Å²) in [5.74, 6) is 0. The number of hydrogen-bond acceptors (Lipinski definition) is 3. The summed E-state index contributed by atoms with van der Waals surface area (Å²) < 4.78 is 6.08. The number of hydrogen-bond donors (Lipinski definition) is 1. The summed E-state index contributed by atoms with van der Waals surface area (Å²) in [5, 5.41) is 0. The molecule has 2 unspecified atom stereocenters. The van der Waals surface area contributed by atoms with Crippen molar-refractivity contribution in [1.29, 1.82) is 0 Å². The summed E-state index contributed by atoms with van der Waals surface area (Å²) in [7, 11) is 2.25. The van der Waals surface area contributed by atoms with Gasteiger partial charge in [-0.2, -0.15) is 0 Å². The quantitative estimate of drug-likeness (QED) is 0.818. The summed E-state index contributed by atoms with van der Waals surface area (Å²) >= 11 is 0. The Morgan fingerprint density at radius 3 is 2.76 bits per heavy atom. The van der Waals surface area contributed by atoms with E-state index in [-0.39, 0.29) is 5.60 Å². The second-order valence-electron chi connectivity index (χ2n) is 6.13. The molecule has 1 saturated carbocycles. The SMILES string of the molecule is CC(N)CCN(C)C1CCOC2(CCCC2)C1. The van der Waals surface area contributed by atoms with E-state index in [2.05, 4.69) is 18.9 Å². The lowest BCUT2D eigenvalue weighted by Crippen LogP contribution is -2.47. The lowest BCUT2D eigenvalue weighted by Gasteiger charge is -2.42. The Balaban J connectivity index is 1.84. The number of nitrogens with zero attached hydrogens (tertiary/aromatic N) is 1. The molecule has 0 aromatic rings. The van der Waals surface area contributed by atoms with Gasteiger partial charge in [0.25, 0.3) is 0 Å². The average molecular weight is 240 g/mol. The molecule has 1 aliphatic carbocycles. The largest absolute Gasteiger partial charge is 0.375 e. The van der Waals surface area contributed by atoms with Crippen LogP contribution in [0.1, 0.15) is 51.9 Å². The Morgan fingerprint density at radius 2 is 2.12 bits per heavy atom. The summed E-state index contributed by atoms with van der Waals surface area (Å²) in [4.78, 5) is 2.51. The highest BCUT2D eigenvalue weighted by Crippen LogP contribution is 2.40. The normalized spacial score (nSPS) is 30.0. The molecule has 2 fully saturated rings. The van der Waals surface area contributed by atoms with Crippen LogP contribution in [-0.2, 0) is 4.74 Å². The van der Waals surface area contributed by atoms with E-state index in [4.69, 9.17) is 10.5 Å². The lowest BCUT2D eigenvalue weighted by atomic mass is 9.88. The van der Waals surface area contributed by atoms with E-state index in [9.17, 15) is 0 Å². The third-order valence-electron chi connectivity index (χ3n) is 4.54. The minimum absolute atomic E-state index is 0.242. The van der Waals surface area contributed by atoms with E-state index >= 15 is 0 Å². The molecule has 3 heteroatoms. The van der Waals surface area contributed by atoms with E-state index in [1.165, 1.54) is 38.5 Å². The molecule has 1 aliphatic heterocycles. The molecule has 2 aliphatic rings. The minimum atomic E-state index is 0.242. The highest BCUT2D eigenvalue weighted by molar-refractivity contribution is 4.93. The topological polar surface area (TPSA) is 38.5 Å². The monoisotopic (exact) mass is 240 g/mol. The van der Waals surface area contributed by atoms with E-state index in [0.717, 1.165) is 19.6 Å². The van der Waals surface area contributed by atoms with Gasteiger partial charge in [0, 0.05) is 18.7 Å². The molecule has 100 valence electrons. The third kappa shape index (κ3) is 3.43. The van der Waals surface area contributed by atoms with Crippen LogP contribution < -0.4 is 5.73 Å². The Hall–Kier alpha value is -0.120. The molecule has 1 heterocycles. The first-order chi connectivity index (χ1) is 8.11. The Labute approximate surface area is 106 Å².